The van der Waals surface area contributed by atoms with E-state index in [0.717, 1.165) is 12.3 Å². The average molecular weight is 235 g/mol. The molecule has 1 unspecified atom stereocenters. The third-order valence-electron chi connectivity index (χ3n) is 2.18. The first-order valence-electron chi connectivity index (χ1n) is 5.12. The number of aliphatic hydroxyl groups is 1. The lowest BCUT2D eigenvalue weighted by atomic mass is 9.99. The number of hydrogen-bond donors (Lipinski definition) is 2. The Balaban J connectivity index is 4.07. The molecule has 0 aliphatic heterocycles. The van der Waals surface area contributed by atoms with Gasteiger partial charge in [0.25, 0.3) is 0 Å². The van der Waals surface area contributed by atoms with Gasteiger partial charge >= 0.3 is 5.97 Å². The van der Waals surface area contributed by atoms with Crippen LogP contribution < -0.4 is 5.32 Å². The fourth-order valence-corrected chi connectivity index (χ4v) is 2.21. The van der Waals surface area contributed by atoms with Crippen LogP contribution in [-0.4, -0.2) is 48.4 Å². The van der Waals surface area contributed by atoms with Crippen LogP contribution >= 0.6 is 11.8 Å². The van der Waals surface area contributed by atoms with Crippen molar-refractivity contribution in [2.45, 2.75) is 25.8 Å². The van der Waals surface area contributed by atoms with Gasteiger partial charge in [-0.3, -0.25) is 4.79 Å². The summed E-state index contributed by atoms with van der Waals surface area (Å²) in [4.78, 5) is 11.5. The first-order chi connectivity index (χ1) is 7.10. The summed E-state index contributed by atoms with van der Waals surface area (Å²) in [7, 11) is 1.40. The molecule has 0 saturated heterocycles. The van der Waals surface area contributed by atoms with Gasteiger partial charge in [0.15, 0.2) is 0 Å². The molecule has 15 heavy (non-hydrogen) atoms. The minimum absolute atomic E-state index is 0.181. The summed E-state index contributed by atoms with van der Waals surface area (Å²) in [5.41, 5.74) is -0.605. The van der Waals surface area contributed by atoms with Gasteiger partial charge in [0, 0.05) is 5.75 Å². The van der Waals surface area contributed by atoms with Gasteiger partial charge in [0.05, 0.1) is 13.7 Å². The van der Waals surface area contributed by atoms with Crippen molar-refractivity contribution in [3.05, 3.63) is 0 Å². The second-order valence-corrected chi connectivity index (χ2v) is 4.66. The molecule has 0 spiro atoms. The molecule has 0 aromatic heterocycles. The van der Waals surface area contributed by atoms with Crippen molar-refractivity contribution in [3.8, 4) is 0 Å². The van der Waals surface area contributed by atoms with Crippen LogP contribution in [0, 0.1) is 0 Å². The molecule has 0 fully saturated rings. The van der Waals surface area contributed by atoms with Gasteiger partial charge < -0.3 is 15.2 Å². The van der Waals surface area contributed by atoms with E-state index in [9.17, 15) is 4.79 Å². The highest BCUT2D eigenvalue weighted by Gasteiger charge is 2.32. The molecule has 0 aliphatic carbocycles. The maximum Gasteiger partial charge on any atom is 0.325 e. The number of nitrogens with one attached hydrogen (secondary N) is 1. The number of rotatable bonds is 8. The van der Waals surface area contributed by atoms with Crippen LogP contribution in [0.3, 0.4) is 0 Å². The Bertz CT molecular complexity index is 190. The monoisotopic (exact) mass is 235 g/mol. The zero-order valence-corrected chi connectivity index (χ0v) is 10.5. The van der Waals surface area contributed by atoms with Crippen LogP contribution in [0.15, 0.2) is 0 Å². The Labute approximate surface area is 95.8 Å². The lowest BCUT2D eigenvalue weighted by molar-refractivity contribution is -0.147. The van der Waals surface area contributed by atoms with Crippen LogP contribution in [0.2, 0.25) is 0 Å². The minimum Gasteiger partial charge on any atom is -0.468 e. The van der Waals surface area contributed by atoms with Crippen molar-refractivity contribution >= 4 is 17.7 Å². The van der Waals surface area contributed by atoms with E-state index in [4.69, 9.17) is 9.84 Å². The molecule has 0 amide bonds. The number of hydrogen-bond acceptors (Lipinski definition) is 5. The first kappa shape index (κ1) is 14.7. The Kier molecular flexibility index (Phi) is 7.82. The molecular formula is C10H21NO3S. The van der Waals surface area contributed by atoms with Crippen LogP contribution in [0.4, 0.5) is 0 Å². The molecular weight excluding hydrogens is 214 g/mol. The van der Waals surface area contributed by atoms with Crippen molar-refractivity contribution in [2.24, 2.45) is 0 Å². The fourth-order valence-electron chi connectivity index (χ4n) is 1.32. The van der Waals surface area contributed by atoms with Crippen molar-refractivity contribution in [3.63, 3.8) is 0 Å². The molecule has 0 saturated carbocycles. The van der Waals surface area contributed by atoms with Gasteiger partial charge in [0.2, 0.25) is 0 Å². The van der Waals surface area contributed by atoms with E-state index in [1.54, 1.807) is 11.8 Å². The number of carbonyl (C=O) groups excluding carboxylic acids is 1. The standard InChI is InChI=1S/C10H21NO3S/c1-4-11-10(2,9(13)14-3)5-7-15-8-6-12/h11-12H,4-8H2,1-3H3. The zero-order valence-electron chi connectivity index (χ0n) is 9.71. The van der Waals surface area contributed by atoms with Crippen LogP contribution in [0.25, 0.3) is 0 Å². The number of ether oxygens (including phenoxy) is 1. The van der Waals surface area contributed by atoms with Gasteiger partial charge in [-0.15, -0.1) is 0 Å². The zero-order chi connectivity index (χ0) is 11.7. The second-order valence-electron chi connectivity index (χ2n) is 3.44. The summed E-state index contributed by atoms with van der Waals surface area (Å²) in [5.74, 6) is 1.32. The largest absolute Gasteiger partial charge is 0.468 e. The molecule has 5 heteroatoms. The molecule has 0 aromatic carbocycles. The lowest BCUT2D eigenvalue weighted by Gasteiger charge is -2.27. The molecule has 0 aliphatic rings. The summed E-state index contributed by atoms with van der Waals surface area (Å²) in [6.45, 7) is 4.72. The van der Waals surface area contributed by atoms with Gasteiger partial charge in [-0.25, -0.2) is 0 Å². The maximum absolute atomic E-state index is 11.5. The normalized spacial score (nSPS) is 14.7. The van der Waals surface area contributed by atoms with Gasteiger partial charge in [0.1, 0.15) is 5.54 Å². The predicted octanol–water partition coefficient (Wildman–Crippen LogP) is 0.643. The fraction of sp³-hybridized carbons (Fsp3) is 0.900. The number of aliphatic hydroxyl groups excluding tert-OH is 1. The van der Waals surface area contributed by atoms with E-state index in [1.165, 1.54) is 7.11 Å². The molecule has 90 valence electrons. The topological polar surface area (TPSA) is 58.6 Å². The van der Waals surface area contributed by atoms with Gasteiger partial charge in [-0.1, -0.05) is 6.92 Å². The molecule has 2 N–H and O–H groups in total. The number of thioether (sulfide) groups is 1. The third kappa shape index (κ3) is 5.39. The third-order valence-corrected chi connectivity index (χ3v) is 3.15. The van der Waals surface area contributed by atoms with Crippen molar-refractivity contribution in [1.82, 2.24) is 5.32 Å². The SMILES string of the molecule is CCNC(C)(CCSCCO)C(=O)OC. The number of carbonyl (C=O) groups is 1. The molecule has 4 nitrogen and oxygen atoms in total. The molecule has 1 atom stereocenters. The quantitative estimate of drug-likeness (QED) is 0.478. The van der Waals surface area contributed by atoms with Gasteiger partial charge in [-0.05, 0) is 25.6 Å². The first-order valence-corrected chi connectivity index (χ1v) is 6.28. The Hall–Kier alpha value is -0.260. The Morgan fingerprint density at radius 3 is 2.67 bits per heavy atom. The number of methoxy groups -OCH3 is 1. The molecule has 0 rings (SSSR count). The molecule has 0 aromatic rings. The summed E-state index contributed by atoms with van der Waals surface area (Å²) in [6, 6.07) is 0. The Morgan fingerprint density at radius 2 is 2.20 bits per heavy atom. The van der Waals surface area contributed by atoms with Crippen LogP contribution in [-0.2, 0) is 9.53 Å². The smallest absolute Gasteiger partial charge is 0.325 e. The van der Waals surface area contributed by atoms with Crippen LogP contribution in [0.1, 0.15) is 20.3 Å². The van der Waals surface area contributed by atoms with Crippen molar-refractivity contribution in [2.75, 3.05) is 31.8 Å². The van der Waals surface area contributed by atoms with E-state index in [-0.39, 0.29) is 12.6 Å². The highest BCUT2D eigenvalue weighted by molar-refractivity contribution is 7.99. The Morgan fingerprint density at radius 1 is 1.53 bits per heavy atom. The van der Waals surface area contributed by atoms with E-state index in [1.807, 2.05) is 13.8 Å². The molecule has 0 radical (unpaired) electrons. The summed E-state index contributed by atoms with van der Waals surface area (Å²) in [5, 5.41) is 11.8. The summed E-state index contributed by atoms with van der Waals surface area (Å²) in [6.07, 6.45) is 0.707. The maximum atomic E-state index is 11.5. The molecule has 0 heterocycles. The van der Waals surface area contributed by atoms with Crippen molar-refractivity contribution < 1.29 is 14.6 Å². The predicted molar refractivity (Wildman–Crippen MR) is 63.1 cm³/mol. The highest BCUT2D eigenvalue weighted by atomic mass is 32.2. The number of esters is 1. The number of likely N-dealkylation sites (N-methyl/N-ethyl adjacent to an activating group) is 1. The van der Waals surface area contributed by atoms with Crippen LogP contribution in [0.5, 0.6) is 0 Å². The second kappa shape index (κ2) is 7.96. The highest BCUT2D eigenvalue weighted by Crippen LogP contribution is 2.15. The summed E-state index contributed by atoms with van der Waals surface area (Å²) < 4.78 is 4.76. The van der Waals surface area contributed by atoms with E-state index < -0.39 is 5.54 Å². The van der Waals surface area contributed by atoms with E-state index in [0.29, 0.717) is 12.2 Å². The molecule has 0 bridgehead atoms. The van der Waals surface area contributed by atoms with Crippen molar-refractivity contribution in [1.29, 1.82) is 0 Å². The summed E-state index contributed by atoms with van der Waals surface area (Å²) >= 11 is 1.64. The average Bonchev–Trinajstić information content (AvgIpc) is 2.23. The van der Waals surface area contributed by atoms with E-state index >= 15 is 0 Å². The van der Waals surface area contributed by atoms with Gasteiger partial charge in [-0.2, -0.15) is 11.8 Å². The van der Waals surface area contributed by atoms with E-state index in [2.05, 4.69) is 5.32 Å². The minimum atomic E-state index is -0.605. The lowest BCUT2D eigenvalue weighted by Crippen LogP contribution is -2.50.